The predicted octanol–water partition coefficient (Wildman–Crippen LogP) is 3.40. The van der Waals surface area contributed by atoms with Crippen molar-refractivity contribution in [2.45, 2.75) is 40.0 Å². The quantitative estimate of drug-likeness (QED) is 0.308. The average Bonchev–Trinajstić information content (AvgIpc) is 2.21. The summed E-state index contributed by atoms with van der Waals surface area (Å²) >= 11 is 0. The van der Waals surface area contributed by atoms with E-state index in [4.69, 9.17) is 5.11 Å². The molecule has 13 heavy (non-hydrogen) atoms. The summed E-state index contributed by atoms with van der Waals surface area (Å²) in [5.74, 6) is 0. The summed E-state index contributed by atoms with van der Waals surface area (Å²) in [4.78, 5) is 9.90. The van der Waals surface area contributed by atoms with Gasteiger partial charge in [-0.15, -0.1) is 0 Å². The fraction of sp³-hybridized carbons (Fsp3) is 0.545. The fourth-order valence-corrected chi connectivity index (χ4v) is 0.735. The normalized spacial score (nSPS) is 10.8. The lowest BCUT2D eigenvalue weighted by Gasteiger charge is -1.96. The molecular weight excluding hydrogens is 164 g/mol. The number of hydrogen-bond acceptors (Lipinski definition) is 2. The number of allylic oxidation sites excluding steroid dienone is 3. The molecule has 0 spiro atoms. The van der Waals surface area contributed by atoms with E-state index in [-0.39, 0.29) is 0 Å². The van der Waals surface area contributed by atoms with Gasteiger partial charge in [0.1, 0.15) is 6.29 Å². The van der Waals surface area contributed by atoms with Crippen LogP contribution in [0.15, 0.2) is 24.0 Å². The van der Waals surface area contributed by atoms with E-state index in [0.717, 1.165) is 31.1 Å². The highest BCUT2D eigenvalue weighted by Gasteiger charge is 1.90. The van der Waals surface area contributed by atoms with Crippen molar-refractivity contribution in [2.75, 3.05) is 0 Å². The standard InChI is InChI=1S/C9H14O2.C2H6/c1-2-3-5-9(8-11)6-4-7-10;1-2/h4,6-8,11H,2-3,5H2,1H3;1-2H3/b6-4+,9-8-;. The number of aliphatic hydroxyl groups is 1. The lowest BCUT2D eigenvalue weighted by Crippen LogP contribution is -1.79. The van der Waals surface area contributed by atoms with E-state index in [1.807, 2.05) is 13.8 Å². The summed E-state index contributed by atoms with van der Waals surface area (Å²) in [7, 11) is 0. The minimum absolute atomic E-state index is 0.704. The first kappa shape index (κ1) is 14.5. The molecule has 0 bridgehead atoms. The first-order valence-electron chi connectivity index (χ1n) is 4.80. The first-order valence-corrected chi connectivity index (χ1v) is 4.80. The van der Waals surface area contributed by atoms with E-state index in [9.17, 15) is 4.79 Å². The zero-order valence-electron chi connectivity index (χ0n) is 8.79. The molecule has 0 radical (unpaired) electrons. The Kier molecular flexibility index (Phi) is 15.1. The van der Waals surface area contributed by atoms with Crippen LogP contribution < -0.4 is 0 Å². The van der Waals surface area contributed by atoms with Gasteiger partial charge in [-0.25, -0.2) is 0 Å². The molecule has 0 saturated heterocycles. The Labute approximate surface area is 81.0 Å². The fourth-order valence-electron chi connectivity index (χ4n) is 0.735. The zero-order chi connectivity index (χ0) is 10.5. The molecule has 0 saturated carbocycles. The van der Waals surface area contributed by atoms with Gasteiger partial charge >= 0.3 is 0 Å². The highest BCUT2D eigenvalue weighted by atomic mass is 16.2. The van der Waals surface area contributed by atoms with Gasteiger partial charge < -0.3 is 5.11 Å². The third-order valence-electron chi connectivity index (χ3n) is 1.37. The molecule has 0 amide bonds. The van der Waals surface area contributed by atoms with Crippen LogP contribution in [-0.2, 0) is 4.79 Å². The summed E-state index contributed by atoms with van der Waals surface area (Å²) in [6.45, 7) is 6.08. The van der Waals surface area contributed by atoms with Crippen LogP contribution in [0.4, 0.5) is 0 Å². The van der Waals surface area contributed by atoms with Gasteiger partial charge in [0.2, 0.25) is 0 Å². The molecule has 0 aromatic heterocycles. The third kappa shape index (κ3) is 10.9. The van der Waals surface area contributed by atoms with Gasteiger partial charge in [-0.3, -0.25) is 4.79 Å². The van der Waals surface area contributed by atoms with Crippen molar-refractivity contribution in [2.24, 2.45) is 0 Å². The minimum atomic E-state index is 0.704. The number of carbonyl (C=O) groups is 1. The van der Waals surface area contributed by atoms with Crippen LogP contribution >= 0.6 is 0 Å². The van der Waals surface area contributed by atoms with Gasteiger partial charge in [-0.1, -0.05) is 33.3 Å². The average molecular weight is 184 g/mol. The van der Waals surface area contributed by atoms with Gasteiger partial charge in [0.05, 0.1) is 6.26 Å². The van der Waals surface area contributed by atoms with E-state index in [1.54, 1.807) is 6.08 Å². The largest absolute Gasteiger partial charge is 0.515 e. The monoisotopic (exact) mass is 184 g/mol. The van der Waals surface area contributed by atoms with Crippen LogP contribution in [0.3, 0.4) is 0 Å². The number of hydrogen-bond donors (Lipinski definition) is 1. The maximum absolute atomic E-state index is 9.90. The number of rotatable bonds is 5. The Hall–Kier alpha value is -1.05. The molecule has 0 aliphatic carbocycles. The number of aldehydes is 1. The van der Waals surface area contributed by atoms with Crippen molar-refractivity contribution in [3.05, 3.63) is 24.0 Å². The number of carbonyl (C=O) groups excluding carboxylic acids is 1. The van der Waals surface area contributed by atoms with Crippen molar-refractivity contribution in [1.82, 2.24) is 0 Å². The van der Waals surface area contributed by atoms with Crippen molar-refractivity contribution in [3.63, 3.8) is 0 Å². The highest BCUT2D eigenvalue weighted by Crippen LogP contribution is 2.07. The molecule has 0 aliphatic heterocycles. The van der Waals surface area contributed by atoms with Gasteiger partial charge in [0, 0.05) is 0 Å². The summed E-state index contributed by atoms with van der Waals surface area (Å²) in [6, 6.07) is 0. The Balaban J connectivity index is 0. The third-order valence-corrected chi connectivity index (χ3v) is 1.37. The molecule has 1 N–H and O–H groups in total. The van der Waals surface area contributed by atoms with Gasteiger partial charge in [0.25, 0.3) is 0 Å². The lowest BCUT2D eigenvalue weighted by molar-refractivity contribution is -0.104. The second-order valence-electron chi connectivity index (χ2n) is 2.30. The minimum Gasteiger partial charge on any atom is -0.515 e. The summed E-state index contributed by atoms with van der Waals surface area (Å²) in [5, 5.41) is 8.65. The molecule has 0 heterocycles. The van der Waals surface area contributed by atoms with Crippen LogP contribution in [-0.4, -0.2) is 11.4 Å². The summed E-state index contributed by atoms with van der Waals surface area (Å²) < 4.78 is 0. The van der Waals surface area contributed by atoms with Crippen LogP contribution in [0.5, 0.6) is 0 Å². The van der Waals surface area contributed by atoms with E-state index in [0.29, 0.717) is 6.29 Å². The SMILES string of the molecule is CC.CCCCC(=C/O)/C=C/C=O. The van der Waals surface area contributed by atoms with E-state index < -0.39 is 0 Å². The Morgan fingerprint density at radius 2 is 2.00 bits per heavy atom. The molecule has 0 aromatic rings. The smallest absolute Gasteiger partial charge is 0.142 e. The molecule has 0 fully saturated rings. The van der Waals surface area contributed by atoms with Crippen LogP contribution in [0.1, 0.15) is 40.0 Å². The Morgan fingerprint density at radius 1 is 1.38 bits per heavy atom. The maximum Gasteiger partial charge on any atom is 0.142 e. The van der Waals surface area contributed by atoms with E-state index in [2.05, 4.69) is 6.92 Å². The van der Waals surface area contributed by atoms with Crippen LogP contribution in [0.25, 0.3) is 0 Å². The molecule has 2 heteroatoms. The summed E-state index contributed by atoms with van der Waals surface area (Å²) in [6.07, 6.45) is 7.73. The number of unbranched alkanes of at least 4 members (excludes halogenated alkanes) is 1. The second kappa shape index (κ2) is 13.5. The molecule has 0 rings (SSSR count). The van der Waals surface area contributed by atoms with Crippen LogP contribution in [0, 0.1) is 0 Å². The second-order valence-corrected chi connectivity index (χ2v) is 2.30. The topological polar surface area (TPSA) is 37.3 Å². The number of aliphatic hydroxyl groups excluding tert-OH is 1. The summed E-state index contributed by atoms with van der Waals surface area (Å²) in [5.41, 5.74) is 0.805. The molecule has 2 nitrogen and oxygen atoms in total. The van der Waals surface area contributed by atoms with Crippen molar-refractivity contribution < 1.29 is 9.90 Å². The predicted molar refractivity (Wildman–Crippen MR) is 56.8 cm³/mol. The Morgan fingerprint density at radius 3 is 2.38 bits per heavy atom. The molecular formula is C11H20O2. The van der Waals surface area contributed by atoms with Gasteiger partial charge in [-0.05, 0) is 24.5 Å². The van der Waals surface area contributed by atoms with Gasteiger partial charge in [0.15, 0.2) is 0 Å². The molecule has 0 atom stereocenters. The molecule has 76 valence electrons. The Bertz CT molecular complexity index is 157. The first-order chi connectivity index (χ1) is 6.35. The highest BCUT2D eigenvalue weighted by molar-refractivity contribution is 5.65. The van der Waals surface area contributed by atoms with Gasteiger partial charge in [-0.2, -0.15) is 0 Å². The molecule has 0 aromatic carbocycles. The van der Waals surface area contributed by atoms with Crippen molar-refractivity contribution in [1.29, 1.82) is 0 Å². The molecule has 0 unspecified atom stereocenters. The van der Waals surface area contributed by atoms with E-state index >= 15 is 0 Å². The maximum atomic E-state index is 9.90. The zero-order valence-corrected chi connectivity index (χ0v) is 8.79. The van der Waals surface area contributed by atoms with Crippen LogP contribution in [0.2, 0.25) is 0 Å². The van der Waals surface area contributed by atoms with Crippen molar-refractivity contribution >= 4 is 6.29 Å². The molecule has 0 aliphatic rings. The lowest BCUT2D eigenvalue weighted by atomic mass is 10.1. The van der Waals surface area contributed by atoms with Crippen molar-refractivity contribution in [3.8, 4) is 0 Å². The van der Waals surface area contributed by atoms with E-state index in [1.165, 1.54) is 6.08 Å².